The van der Waals surface area contributed by atoms with E-state index in [1.165, 1.54) is 0 Å². The molecule has 3 saturated heterocycles. The summed E-state index contributed by atoms with van der Waals surface area (Å²) in [6.45, 7) is -1.69. The normalized spacial score (nSPS) is 52.4. The van der Waals surface area contributed by atoms with Crippen LogP contribution in [0.15, 0.2) is 0 Å². The lowest BCUT2D eigenvalue weighted by atomic mass is 9.87. The average Bonchev–Trinajstić information content (AvgIpc) is 2.82. The highest BCUT2D eigenvalue weighted by molar-refractivity contribution is 5.89. The largest absolute Gasteiger partial charge is 0.394 e. The molecule has 15 atom stereocenters. The molecule has 3 rings (SSSR count). The van der Waals surface area contributed by atoms with Crippen molar-refractivity contribution in [2.24, 2.45) is 0 Å². The summed E-state index contributed by atoms with van der Waals surface area (Å²) in [4.78, 5) is 13.0. The van der Waals surface area contributed by atoms with Crippen LogP contribution in [0.5, 0.6) is 0 Å². The Balaban J connectivity index is 1.81. The molecule has 0 aromatic carbocycles. The monoisotopic (exact) mass is 502 g/mol. The summed E-state index contributed by atoms with van der Waals surface area (Å²) >= 11 is 0. The van der Waals surface area contributed by atoms with E-state index in [4.69, 9.17) is 18.9 Å². The molecule has 16 heteroatoms. The number of ether oxygens (including phenoxy) is 4. The molecule has 3 aliphatic heterocycles. The Morgan fingerprint density at radius 3 is 1.71 bits per heavy atom. The molecular weight excluding hydrogens is 472 g/mol. The number of aliphatic hydroxyl groups is 11. The standard InChI is InChI=1S/C18H30O16/c19-1-3-5(21)7(23)11(27)18(32-3)34-14-6(22)4(2-20)31-16(12(14)28)13(29)15-9(25)8(24)10(26)17(30)33-15/h3-12,14-28,30H,1-2H2. The van der Waals surface area contributed by atoms with Crippen LogP contribution in [0.4, 0.5) is 0 Å². The van der Waals surface area contributed by atoms with Gasteiger partial charge in [-0.2, -0.15) is 0 Å². The zero-order valence-corrected chi connectivity index (χ0v) is 17.5. The van der Waals surface area contributed by atoms with E-state index < -0.39 is 111 Å². The SMILES string of the molecule is O=C(C1OC(O)C(O)C(O)C1O)C1OC(CO)C(O)C(OC2OC(CO)C(O)C(O)C2O)C1O. The second-order valence-corrected chi connectivity index (χ2v) is 8.38. The molecule has 15 unspecified atom stereocenters. The predicted molar refractivity (Wildman–Crippen MR) is 100 cm³/mol. The van der Waals surface area contributed by atoms with Gasteiger partial charge in [-0.25, -0.2) is 0 Å². The van der Waals surface area contributed by atoms with Gasteiger partial charge in [0.05, 0.1) is 13.2 Å². The van der Waals surface area contributed by atoms with Crippen molar-refractivity contribution >= 4 is 5.78 Å². The Bertz CT molecular complexity index is 693. The summed E-state index contributed by atoms with van der Waals surface area (Å²) in [5, 5.41) is 109. The number of rotatable bonds is 6. The van der Waals surface area contributed by atoms with Crippen molar-refractivity contribution in [3.05, 3.63) is 0 Å². The van der Waals surface area contributed by atoms with Crippen LogP contribution >= 0.6 is 0 Å². The fraction of sp³-hybridized carbons (Fsp3) is 0.944. The third kappa shape index (κ3) is 4.99. The van der Waals surface area contributed by atoms with Crippen molar-refractivity contribution in [2.75, 3.05) is 13.2 Å². The summed E-state index contributed by atoms with van der Waals surface area (Å²) in [5.41, 5.74) is 0. The van der Waals surface area contributed by atoms with Gasteiger partial charge in [0.1, 0.15) is 73.2 Å². The van der Waals surface area contributed by atoms with Crippen molar-refractivity contribution in [1.29, 1.82) is 0 Å². The molecule has 16 nitrogen and oxygen atoms in total. The smallest absolute Gasteiger partial charge is 0.195 e. The molecule has 0 spiro atoms. The van der Waals surface area contributed by atoms with Gasteiger partial charge >= 0.3 is 0 Å². The lowest BCUT2D eigenvalue weighted by Crippen LogP contribution is -2.68. The zero-order chi connectivity index (χ0) is 25.5. The third-order valence-corrected chi connectivity index (χ3v) is 6.15. The zero-order valence-electron chi connectivity index (χ0n) is 17.5. The van der Waals surface area contributed by atoms with E-state index >= 15 is 0 Å². The highest BCUT2D eigenvalue weighted by Crippen LogP contribution is 2.31. The minimum absolute atomic E-state index is 0.794. The first-order valence-electron chi connectivity index (χ1n) is 10.4. The molecule has 0 bridgehead atoms. The topological polar surface area (TPSA) is 277 Å². The van der Waals surface area contributed by atoms with Crippen LogP contribution in [-0.2, 0) is 23.7 Å². The highest BCUT2D eigenvalue weighted by atomic mass is 16.7. The van der Waals surface area contributed by atoms with E-state index in [2.05, 4.69) is 0 Å². The van der Waals surface area contributed by atoms with Crippen LogP contribution in [0, 0.1) is 0 Å². The fourth-order valence-corrected chi connectivity index (χ4v) is 4.08. The molecule has 198 valence electrons. The van der Waals surface area contributed by atoms with Crippen LogP contribution in [-0.4, -0.2) is 167 Å². The first kappa shape index (κ1) is 27.7. The molecule has 3 fully saturated rings. The molecule has 3 heterocycles. The van der Waals surface area contributed by atoms with Gasteiger partial charge < -0.3 is 75.1 Å². The first-order valence-corrected chi connectivity index (χ1v) is 10.4. The van der Waals surface area contributed by atoms with Crippen LogP contribution in [0.1, 0.15) is 0 Å². The van der Waals surface area contributed by atoms with Gasteiger partial charge in [0.2, 0.25) is 0 Å². The molecule has 0 saturated carbocycles. The van der Waals surface area contributed by atoms with Crippen LogP contribution in [0.2, 0.25) is 0 Å². The van der Waals surface area contributed by atoms with Crippen molar-refractivity contribution in [3.8, 4) is 0 Å². The number of carbonyl (C=O) groups is 1. The maximum Gasteiger partial charge on any atom is 0.195 e. The number of hydrogen-bond acceptors (Lipinski definition) is 16. The van der Waals surface area contributed by atoms with Crippen LogP contribution < -0.4 is 0 Å². The van der Waals surface area contributed by atoms with E-state index in [1.54, 1.807) is 0 Å². The molecule has 11 N–H and O–H groups in total. The van der Waals surface area contributed by atoms with Gasteiger partial charge in [-0.3, -0.25) is 4.79 Å². The molecule has 0 radical (unpaired) electrons. The molecule has 34 heavy (non-hydrogen) atoms. The van der Waals surface area contributed by atoms with E-state index in [0.717, 1.165) is 0 Å². The molecular formula is C18H30O16. The van der Waals surface area contributed by atoms with Crippen molar-refractivity contribution in [3.63, 3.8) is 0 Å². The van der Waals surface area contributed by atoms with E-state index in [0.29, 0.717) is 0 Å². The lowest BCUT2D eigenvalue weighted by molar-refractivity contribution is -0.340. The molecule has 3 aliphatic rings. The Morgan fingerprint density at radius 2 is 1.12 bits per heavy atom. The van der Waals surface area contributed by atoms with Gasteiger partial charge in [0.25, 0.3) is 0 Å². The van der Waals surface area contributed by atoms with Crippen molar-refractivity contribution in [1.82, 2.24) is 0 Å². The molecule has 0 aromatic heterocycles. The van der Waals surface area contributed by atoms with Crippen LogP contribution in [0.3, 0.4) is 0 Å². The highest BCUT2D eigenvalue weighted by Gasteiger charge is 2.55. The summed E-state index contributed by atoms with van der Waals surface area (Å²) in [5.74, 6) is -1.25. The number of hydrogen-bond donors (Lipinski definition) is 11. The second-order valence-electron chi connectivity index (χ2n) is 8.38. The third-order valence-electron chi connectivity index (χ3n) is 6.15. The maximum absolute atomic E-state index is 13.0. The number of carbonyl (C=O) groups excluding carboxylic acids is 1. The fourth-order valence-electron chi connectivity index (χ4n) is 4.08. The summed E-state index contributed by atoms with van der Waals surface area (Å²) < 4.78 is 20.6. The predicted octanol–water partition coefficient (Wildman–Crippen LogP) is -7.98. The van der Waals surface area contributed by atoms with Gasteiger partial charge in [-0.1, -0.05) is 0 Å². The van der Waals surface area contributed by atoms with Gasteiger partial charge in [-0.15, -0.1) is 0 Å². The van der Waals surface area contributed by atoms with Crippen LogP contribution in [0.25, 0.3) is 0 Å². The summed E-state index contributed by atoms with van der Waals surface area (Å²) in [6, 6.07) is 0. The number of aliphatic hydroxyl groups excluding tert-OH is 11. The van der Waals surface area contributed by atoms with Crippen molar-refractivity contribution in [2.45, 2.75) is 91.9 Å². The first-order chi connectivity index (χ1) is 15.9. The van der Waals surface area contributed by atoms with Gasteiger partial charge in [-0.05, 0) is 0 Å². The summed E-state index contributed by atoms with van der Waals surface area (Å²) in [7, 11) is 0. The number of ketones is 1. The Morgan fingerprint density at radius 1 is 0.588 bits per heavy atom. The molecule has 0 aromatic rings. The van der Waals surface area contributed by atoms with E-state index in [1.807, 2.05) is 0 Å². The van der Waals surface area contributed by atoms with Crippen molar-refractivity contribution < 1.29 is 79.9 Å². The van der Waals surface area contributed by atoms with E-state index in [9.17, 15) is 61.0 Å². The quantitative estimate of drug-likeness (QED) is 0.161. The molecule has 0 amide bonds. The maximum atomic E-state index is 13.0. The Labute approximate surface area is 191 Å². The average molecular weight is 502 g/mol. The second kappa shape index (κ2) is 11.0. The minimum atomic E-state index is -2.08. The van der Waals surface area contributed by atoms with E-state index in [-0.39, 0.29) is 0 Å². The Kier molecular flexibility index (Phi) is 8.94. The Hall–Kier alpha value is -0.930. The minimum Gasteiger partial charge on any atom is -0.394 e. The lowest BCUT2D eigenvalue weighted by Gasteiger charge is -2.46. The molecule has 0 aliphatic carbocycles. The summed E-state index contributed by atoms with van der Waals surface area (Å²) in [6.07, 6.45) is -28.0. The van der Waals surface area contributed by atoms with Gasteiger partial charge in [0, 0.05) is 0 Å². The van der Waals surface area contributed by atoms with Gasteiger partial charge in [0.15, 0.2) is 24.5 Å². The number of Topliss-reactive ketones (excluding diaryl/α,β-unsaturated/α-hetero) is 1.